The van der Waals surface area contributed by atoms with Gasteiger partial charge in [0, 0.05) is 12.3 Å². The van der Waals surface area contributed by atoms with E-state index in [1.165, 1.54) is 21.4 Å². The highest BCUT2D eigenvalue weighted by molar-refractivity contribution is 5.15. The first kappa shape index (κ1) is 20.6. The molecular formula is C22H24N2O6. The van der Waals surface area contributed by atoms with Gasteiger partial charge in [0.2, 0.25) is 0 Å². The Balaban J connectivity index is 1.66. The van der Waals surface area contributed by atoms with Crippen LogP contribution in [0.5, 0.6) is 0 Å². The fourth-order valence-electron chi connectivity index (χ4n) is 3.89. The van der Waals surface area contributed by atoms with Crippen molar-refractivity contribution in [3.8, 4) is 12.3 Å². The molecule has 0 N–H and O–H groups in total. The normalized spacial score (nSPS) is 27.0. The van der Waals surface area contributed by atoms with Crippen LogP contribution in [-0.4, -0.2) is 46.4 Å². The van der Waals surface area contributed by atoms with Crippen molar-refractivity contribution in [2.45, 2.75) is 50.7 Å². The number of benzene rings is 1. The van der Waals surface area contributed by atoms with Crippen LogP contribution in [0.2, 0.25) is 0 Å². The van der Waals surface area contributed by atoms with Gasteiger partial charge in [0.1, 0.15) is 24.9 Å². The molecule has 0 saturated carbocycles. The first-order valence-corrected chi connectivity index (χ1v) is 9.78. The number of ether oxygens (including phenoxy) is 4. The number of nitrogens with zero attached hydrogens (tertiary/aromatic N) is 2. The highest BCUT2D eigenvalue weighted by atomic mass is 16.8. The van der Waals surface area contributed by atoms with Crippen molar-refractivity contribution in [2.24, 2.45) is 0 Å². The van der Waals surface area contributed by atoms with Crippen LogP contribution < -0.4 is 11.2 Å². The molecule has 2 aliphatic rings. The summed E-state index contributed by atoms with van der Waals surface area (Å²) in [5.41, 5.74) is -0.0112. The summed E-state index contributed by atoms with van der Waals surface area (Å²) in [6, 6.07) is 10.7. The smallest absolute Gasteiger partial charge is 0.333 e. The van der Waals surface area contributed by atoms with E-state index in [-0.39, 0.29) is 25.3 Å². The van der Waals surface area contributed by atoms with Gasteiger partial charge in [-0.1, -0.05) is 36.3 Å². The Morgan fingerprint density at radius 2 is 1.87 bits per heavy atom. The van der Waals surface area contributed by atoms with Crippen molar-refractivity contribution < 1.29 is 18.9 Å². The first-order valence-electron chi connectivity index (χ1n) is 9.78. The zero-order chi connectivity index (χ0) is 21.3. The summed E-state index contributed by atoms with van der Waals surface area (Å²) < 4.78 is 26.1. The van der Waals surface area contributed by atoms with Gasteiger partial charge < -0.3 is 18.9 Å². The van der Waals surface area contributed by atoms with Gasteiger partial charge in [0.25, 0.3) is 5.56 Å². The summed E-state index contributed by atoms with van der Waals surface area (Å²) in [6.45, 7) is 4.13. The molecule has 3 heterocycles. The van der Waals surface area contributed by atoms with E-state index < -0.39 is 36.0 Å². The van der Waals surface area contributed by atoms with E-state index in [1.54, 1.807) is 13.8 Å². The van der Waals surface area contributed by atoms with E-state index >= 15 is 0 Å². The Hall–Kier alpha value is -2.70. The van der Waals surface area contributed by atoms with Gasteiger partial charge in [-0.15, -0.1) is 6.42 Å². The maximum Gasteiger partial charge on any atom is 0.333 e. The summed E-state index contributed by atoms with van der Waals surface area (Å²) in [6.07, 6.45) is 4.51. The number of hydrogen-bond acceptors (Lipinski definition) is 6. The molecule has 0 spiro atoms. The molecule has 4 atom stereocenters. The molecule has 0 unspecified atom stereocenters. The molecule has 8 nitrogen and oxygen atoms in total. The van der Waals surface area contributed by atoms with Gasteiger partial charge in [-0.3, -0.25) is 13.9 Å². The molecule has 158 valence electrons. The highest BCUT2D eigenvalue weighted by Crippen LogP contribution is 2.42. The molecule has 0 bridgehead atoms. The molecule has 30 heavy (non-hydrogen) atoms. The zero-order valence-electron chi connectivity index (χ0n) is 16.9. The minimum atomic E-state index is -0.830. The monoisotopic (exact) mass is 412 g/mol. The van der Waals surface area contributed by atoms with Gasteiger partial charge in [0.15, 0.2) is 12.0 Å². The second kappa shape index (κ2) is 8.20. The lowest BCUT2D eigenvalue weighted by molar-refractivity contribution is -0.202. The average molecular weight is 412 g/mol. The molecule has 8 heteroatoms. The molecule has 2 fully saturated rings. The Morgan fingerprint density at radius 1 is 1.13 bits per heavy atom. The van der Waals surface area contributed by atoms with Crippen molar-refractivity contribution >= 4 is 0 Å². The number of hydrogen-bond donors (Lipinski definition) is 0. The zero-order valence-corrected chi connectivity index (χ0v) is 16.9. The van der Waals surface area contributed by atoms with Crippen LogP contribution in [0.1, 0.15) is 25.6 Å². The molecule has 1 aromatic carbocycles. The molecule has 2 aliphatic heterocycles. The van der Waals surface area contributed by atoms with Gasteiger partial charge in [-0.25, -0.2) is 4.79 Å². The second-order valence-corrected chi connectivity index (χ2v) is 7.76. The quantitative estimate of drug-likeness (QED) is 0.523. The molecule has 0 amide bonds. The van der Waals surface area contributed by atoms with Crippen molar-refractivity contribution in [1.82, 2.24) is 9.13 Å². The van der Waals surface area contributed by atoms with E-state index in [1.807, 2.05) is 30.3 Å². The van der Waals surface area contributed by atoms with E-state index in [2.05, 4.69) is 5.92 Å². The topological polar surface area (TPSA) is 80.9 Å². The molecule has 1 aromatic heterocycles. The third-order valence-corrected chi connectivity index (χ3v) is 5.15. The summed E-state index contributed by atoms with van der Waals surface area (Å²) in [7, 11) is 0. The van der Waals surface area contributed by atoms with Gasteiger partial charge in [0.05, 0.1) is 13.2 Å². The van der Waals surface area contributed by atoms with Crippen molar-refractivity contribution in [2.75, 3.05) is 13.2 Å². The van der Waals surface area contributed by atoms with Gasteiger partial charge >= 0.3 is 5.69 Å². The fraction of sp³-hybridized carbons (Fsp3) is 0.455. The standard InChI is InChI=1S/C22H24N2O6/c1-4-12-27-14-16-18-19(30-22(2,3)29-18)20(28-16)23-11-10-17(25)24(21(23)26)13-15-8-6-5-7-9-15/h1,5-11,16,18-20H,12-14H2,2-3H3/t16-,18-,19-,20-/m1/s1. The van der Waals surface area contributed by atoms with Crippen LogP contribution in [0.4, 0.5) is 0 Å². The second-order valence-electron chi connectivity index (χ2n) is 7.76. The Labute approximate surface area is 173 Å². The van der Waals surface area contributed by atoms with Crippen LogP contribution >= 0.6 is 0 Å². The van der Waals surface area contributed by atoms with Crippen LogP contribution in [0.3, 0.4) is 0 Å². The van der Waals surface area contributed by atoms with Crippen molar-refractivity contribution in [1.29, 1.82) is 0 Å². The lowest BCUT2D eigenvalue weighted by Crippen LogP contribution is -2.43. The summed E-state index contributed by atoms with van der Waals surface area (Å²) in [4.78, 5) is 25.6. The maximum atomic E-state index is 13.2. The van der Waals surface area contributed by atoms with Crippen LogP contribution in [0.15, 0.2) is 52.2 Å². The highest BCUT2D eigenvalue weighted by Gasteiger charge is 2.56. The first-order chi connectivity index (χ1) is 14.4. The minimum Gasteiger partial charge on any atom is -0.366 e. The lowest BCUT2D eigenvalue weighted by atomic mass is 10.1. The number of fused-ring (bicyclic) bond motifs is 1. The third-order valence-electron chi connectivity index (χ3n) is 5.15. The van der Waals surface area contributed by atoms with E-state index in [0.717, 1.165) is 5.56 Å². The number of aromatic nitrogens is 2. The van der Waals surface area contributed by atoms with Gasteiger partial charge in [-0.05, 0) is 19.4 Å². The molecule has 0 radical (unpaired) electrons. The lowest BCUT2D eigenvalue weighted by Gasteiger charge is -2.25. The Kier molecular flexibility index (Phi) is 5.62. The van der Waals surface area contributed by atoms with E-state index in [9.17, 15) is 9.59 Å². The predicted octanol–water partition coefficient (Wildman–Crippen LogP) is 1.13. The largest absolute Gasteiger partial charge is 0.366 e. The Bertz CT molecular complexity index is 1050. The minimum absolute atomic E-state index is 0.147. The van der Waals surface area contributed by atoms with Crippen molar-refractivity contribution in [3.05, 3.63) is 69.0 Å². The molecule has 2 aromatic rings. The third kappa shape index (κ3) is 3.98. The van der Waals surface area contributed by atoms with Crippen LogP contribution in [0, 0.1) is 12.3 Å². The molecular weight excluding hydrogens is 388 g/mol. The maximum absolute atomic E-state index is 13.2. The van der Waals surface area contributed by atoms with E-state index in [4.69, 9.17) is 25.4 Å². The molecule has 0 aliphatic carbocycles. The number of terminal acetylenes is 1. The van der Waals surface area contributed by atoms with E-state index in [0.29, 0.717) is 0 Å². The summed E-state index contributed by atoms with van der Waals surface area (Å²) in [5.74, 6) is 1.58. The summed E-state index contributed by atoms with van der Waals surface area (Å²) >= 11 is 0. The fourth-order valence-corrected chi connectivity index (χ4v) is 3.89. The SMILES string of the molecule is C#CCOC[C@H]1O[C@@H](n2ccc(=O)n(Cc3ccccc3)c2=O)[C@@H]2OC(C)(C)O[C@@H]21. The van der Waals surface area contributed by atoms with Gasteiger partial charge in [-0.2, -0.15) is 0 Å². The average Bonchev–Trinajstić information content (AvgIpc) is 3.20. The molecule has 2 saturated heterocycles. The van der Waals surface area contributed by atoms with Crippen LogP contribution in [0.25, 0.3) is 0 Å². The summed E-state index contributed by atoms with van der Waals surface area (Å²) in [5, 5.41) is 0. The van der Waals surface area contributed by atoms with Crippen LogP contribution in [-0.2, 0) is 25.5 Å². The number of rotatable bonds is 6. The van der Waals surface area contributed by atoms with Crippen molar-refractivity contribution in [3.63, 3.8) is 0 Å². The molecule has 4 rings (SSSR count). The Morgan fingerprint density at radius 3 is 2.60 bits per heavy atom. The predicted molar refractivity (Wildman–Crippen MR) is 108 cm³/mol.